The Bertz CT molecular complexity index is 253. The summed E-state index contributed by atoms with van der Waals surface area (Å²) in [6.07, 6.45) is 1.47. The van der Waals surface area contributed by atoms with E-state index in [9.17, 15) is 5.11 Å². The van der Waals surface area contributed by atoms with Crippen LogP contribution in [0.2, 0.25) is 0 Å². The van der Waals surface area contributed by atoms with Crippen LogP contribution >= 0.6 is 11.3 Å². The van der Waals surface area contributed by atoms with Crippen LogP contribution in [0.5, 0.6) is 0 Å². The number of hydrogen-bond acceptors (Lipinski definition) is 5. The lowest BCUT2D eigenvalue weighted by atomic mass is 10.2. The summed E-state index contributed by atoms with van der Waals surface area (Å²) in [5.41, 5.74) is 1.80. The second kappa shape index (κ2) is 4.15. The monoisotopic (exact) mass is 200 g/mol. The zero-order valence-corrected chi connectivity index (χ0v) is 7.96. The van der Waals surface area contributed by atoms with E-state index in [1.807, 2.05) is 6.20 Å². The first-order valence-corrected chi connectivity index (χ1v) is 5.11. The minimum absolute atomic E-state index is 0.0714. The summed E-state index contributed by atoms with van der Waals surface area (Å²) in [7, 11) is 0. The first kappa shape index (κ1) is 9.08. The average Bonchev–Trinajstić information content (AvgIpc) is 2.72. The van der Waals surface area contributed by atoms with Crippen molar-refractivity contribution in [3.63, 3.8) is 0 Å². The van der Waals surface area contributed by atoms with E-state index in [1.54, 1.807) is 16.8 Å². The van der Waals surface area contributed by atoms with Gasteiger partial charge in [-0.3, -0.25) is 4.98 Å². The summed E-state index contributed by atoms with van der Waals surface area (Å²) in [5, 5.41) is 12.6. The van der Waals surface area contributed by atoms with E-state index in [0.717, 1.165) is 6.54 Å². The van der Waals surface area contributed by atoms with Gasteiger partial charge in [-0.25, -0.2) is 0 Å². The Hall–Kier alpha value is -0.490. The largest absolute Gasteiger partial charge is 0.389 e. The molecule has 1 aromatic rings. The van der Waals surface area contributed by atoms with E-state index in [2.05, 4.69) is 10.3 Å². The van der Waals surface area contributed by atoms with Gasteiger partial charge >= 0.3 is 0 Å². The molecule has 0 amide bonds. The summed E-state index contributed by atoms with van der Waals surface area (Å²) in [4.78, 5) is 5.15. The van der Waals surface area contributed by atoms with Crippen molar-refractivity contribution in [1.82, 2.24) is 10.3 Å². The molecule has 0 saturated carbocycles. The average molecular weight is 200 g/mol. The van der Waals surface area contributed by atoms with Crippen molar-refractivity contribution in [1.29, 1.82) is 0 Å². The molecule has 0 radical (unpaired) electrons. The van der Waals surface area contributed by atoms with Crippen LogP contribution < -0.4 is 5.32 Å². The highest BCUT2D eigenvalue weighted by atomic mass is 32.1. The molecule has 0 unspecified atom stereocenters. The van der Waals surface area contributed by atoms with Gasteiger partial charge in [0, 0.05) is 17.6 Å². The van der Waals surface area contributed by atoms with Gasteiger partial charge < -0.3 is 15.2 Å². The Labute approximate surface area is 80.6 Å². The van der Waals surface area contributed by atoms with Gasteiger partial charge in [-0.2, -0.15) is 0 Å². The quantitative estimate of drug-likeness (QED) is 0.720. The third-order valence-corrected chi connectivity index (χ3v) is 2.85. The van der Waals surface area contributed by atoms with Crippen LogP contribution in [0.4, 0.5) is 0 Å². The minimum atomic E-state index is -0.368. The van der Waals surface area contributed by atoms with Gasteiger partial charge in [0.15, 0.2) is 0 Å². The van der Waals surface area contributed by atoms with E-state index >= 15 is 0 Å². The number of thiazole rings is 1. The van der Waals surface area contributed by atoms with Crippen molar-refractivity contribution in [3.8, 4) is 0 Å². The summed E-state index contributed by atoms with van der Waals surface area (Å²) in [5.74, 6) is 0. The van der Waals surface area contributed by atoms with Crippen molar-refractivity contribution < 1.29 is 9.84 Å². The number of nitrogens with one attached hydrogen (secondary N) is 1. The van der Waals surface area contributed by atoms with Crippen molar-refractivity contribution in [3.05, 3.63) is 16.6 Å². The highest BCUT2D eigenvalue weighted by Gasteiger charge is 2.25. The van der Waals surface area contributed by atoms with Crippen LogP contribution in [0.15, 0.2) is 11.7 Å². The molecule has 4 nitrogen and oxygen atoms in total. The predicted molar refractivity (Wildman–Crippen MR) is 49.6 cm³/mol. The summed E-state index contributed by atoms with van der Waals surface area (Å²) in [6.45, 7) is 1.80. The molecule has 0 aliphatic carbocycles. The molecule has 1 aliphatic rings. The molecule has 0 bridgehead atoms. The lowest BCUT2D eigenvalue weighted by Gasteiger charge is -2.12. The first-order valence-electron chi connectivity index (χ1n) is 4.23. The van der Waals surface area contributed by atoms with Gasteiger partial charge in [0.2, 0.25) is 0 Å². The molecular formula is C8H12N2O2S. The first-order chi connectivity index (χ1) is 6.36. The standard InChI is InChI=1S/C8H12N2O2S/c11-8-4-12-3-7(8)10-2-6-1-9-5-13-6/h1,5,7-8,10-11H,2-4H2/t7-,8-/m1/s1. The second-order valence-electron chi connectivity index (χ2n) is 3.06. The number of rotatable bonds is 3. The van der Waals surface area contributed by atoms with Crippen LogP contribution in [0.3, 0.4) is 0 Å². The maximum Gasteiger partial charge on any atom is 0.0948 e. The van der Waals surface area contributed by atoms with Crippen LogP contribution in [0, 0.1) is 0 Å². The summed E-state index contributed by atoms with van der Waals surface area (Å²) >= 11 is 1.61. The van der Waals surface area contributed by atoms with Gasteiger partial charge in [0.05, 0.1) is 30.9 Å². The maximum absolute atomic E-state index is 9.42. The number of hydrogen-bond donors (Lipinski definition) is 2. The van der Waals surface area contributed by atoms with E-state index in [1.165, 1.54) is 4.88 Å². The highest BCUT2D eigenvalue weighted by molar-refractivity contribution is 7.09. The molecule has 1 aromatic heterocycles. The van der Waals surface area contributed by atoms with Crippen molar-refractivity contribution >= 4 is 11.3 Å². The van der Waals surface area contributed by atoms with E-state index in [-0.39, 0.29) is 12.1 Å². The van der Waals surface area contributed by atoms with E-state index < -0.39 is 0 Å². The molecule has 13 heavy (non-hydrogen) atoms. The van der Waals surface area contributed by atoms with Gasteiger partial charge in [0.1, 0.15) is 0 Å². The third kappa shape index (κ3) is 2.25. The number of aromatic nitrogens is 1. The Morgan fingerprint density at radius 2 is 2.62 bits per heavy atom. The van der Waals surface area contributed by atoms with Gasteiger partial charge in [-0.05, 0) is 0 Å². The normalized spacial score (nSPS) is 28.1. The third-order valence-electron chi connectivity index (χ3n) is 2.07. The molecule has 0 spiro atoms. The summed E-state index contributed by atoms with van der Waals surface area (Å²) in [6, 6.07) is 0.0714. The molecule has 2 rings (SSSR count). The van der Waals surface area contributed by atoms with Crippen molar-refractivity contribution in [2.75, 3.05) is 13.2 Å². The Morgan fingerprint density at radius 1 is 1.69 bits per heavy atom. The fourth-order valence-corrected chi connectivity index (χ4v) is 1.84. The maximum atomic E-state index is 9.42. The molecule has 0 aromatic carbocycles. The van der Waals surface area contributed by atoms with Crippen LogP contribution in [-0.4, -0.2) is 35.5 Å². The minimum Gasteiger partial charge on any atom is -0.389 e. The molecule has 5 heteroatoms. The number of ether oxygens (including phenoxy) is 1. The Kier molecular flexibility index (Phi) is 2.90. The fraction of sp³-hybridized carbons (Fsp3) is 0.625. The van der Waals surface area contributed by atoms with Gasteiger partial charge in [-0.1, -0.05) is 0 Å². The lowest BCUT2D eigenvalue weighted by Crippen LogP contribution is -2.38. The van der Waals surface area contributed by atoms with Crippen LogP contribution in [0.1, 0.15) is 4.88 Å². The molecule has 2 heterocycles. The second-order valence-corrected chi connectivity index (χ2v) is 4.03. The number of nitrogens with zero attached hydrogens (tertiary/aromatic N) is 1. The van der Waals surface area contributed by atoms with Gasteiger partial charge in [-0.15, -0.1) is 11.3 Å². The van der Waals surface area contributed by atoms with Crippen molar-refractivity contribution in [2.24, 2.45) is 0 Å². The van der Waals surface area contributed by atoms with Crippen LogP contribution in [0.25, 0.3) is 0 Å². The number of aliphatic hydroxyl groups excluding tert-OH is 1. The molecule has 2 N–H and O–H groups in total. The molecule has 72 valence electrons. The molecule has 1 saturated heterocycles. The SMILES string of the molecule is O[C@@H]1COC[C@H]1NCc1cncs1. The molecule has 1 aliphatic heterocycles. The predicted octanol–water partition coefficient (Wildman–Crippen LogP) is -0.00760. The Morgan fingerprint density at radius 3 is 3.23 bits per heavy atom. The topological polar surface area (TPSA) is 54.4 Å². The zero-order valence-electron chi connectivity index (χ0n) is 7.14. The lowest BCUT2D eigenvalue weighted by molar-refractivity contribution is 0.122. The smallest absolute Gasteiger partial charge is 0.0948 e. The molecular weight excluding hydrogens is 188 g/mol. The molecule has 2 atom stereocenters. The van der Waals surface area contributed by atoms with Gasteiger partial charge in [0.25, 0.3) is 0 Å². The van der Waals surface area contributed by atoms with Crippen LogP contribution in [-0.2, 0) is 11.3 Å². The van der Waals surface area contributed by atoms with E-state index in [4.69, 9.17) is 4.74 Å². The fourth-order valence-electron chi connectivity index (χ4n) is 1.30. The highest BCUT2D eigenvalue weighted by Crippen LogP contribution is 2.08. The Balaban J connectivity index is 1.79. The van der Waals surface area contributed by atoms with Crippen molar-refractivity contribution in [2.45, 2.75) is 18.7 Å². The van der Waals surface area contributed by atoms with E-state index in [0.29, 0.717) is 13.2 Å². The molecule has 1 fully saturated rings. The summed E-state index contributed by atoms with van der Waals surface area (Å²) < 4.78 is 5.11. The zero-order chi connectivity index (χ0) is 9.10. The number of aliphatic hydroxyl groups is 1.